The molecule has 0 saturated heterocycles. The first-order valence-electron chi connectivity index (χ1n) is 19.8. The number of rotatable bonds is 7. The van der Waals surface area contributed by atoms with Crippen LogP contribution in [0.1, 0.15) is 0 Å². The van der Waals surface area contributed by atoms with Crippen LogP contribution in [0.2, 0.25) is 0 Å². The van der Waals surface area contributed by atoms with E-state index in [-0.39, 0.29) is 0 Å². The molecule has 58 heavy (non-hydrogen) atoms. The Morgan fingerprint density at radius 2 is 0.759 bits per heavy atom. The Labute approximate surface area is 337 Å². The molecule has 11 aromatic rings. The van der Waals surface area contributed by atoms with Crippen LogP contribution in [0.25, 0.3) is 88.0 Å². The highest BCUT2D eigenvalue weighted by Crippen LogP contribution is 2.45. The highest BCUT2D eigenvalue weighted by atomic mass is 16.3. The summed E-state index contributed by atoms with van der Waals surface area (Å²) in [4.78, 5) is 2.36. The van der Waals surface area contributed by atoms with Gasteiger partial charge in [-0.3, -0.25) is 0 Å². The lowest BCUT2D eigenvalue weighted by atomic mass is 9.98. The van der Waals surface area contributed by atoms with Gasteiger partial charge in [0, 0.05) is 22.1 Å². The normalized spacial score (nSPS) is 11.4. The maximum atomic E-state index is 6.66. The highest BCUT2D eigenvalue weighted by molar-refractivity contribution is 6.19. The monoisotopic (exact) mass is 739 g/mol. The Kier molecular flexibility index (Phi) is 8.19. The summed E-state index contributed by atoms with van der Waals surface area (Å²) in [5.41, 5.74) is 14.6. The molecule has 0 unspecified atom stereocenters. The standard InChI is InChI=1S/C56H37NO/c1-2-9-38(10-3-1)40-17-19-41(20-18-40)43-27-32-49(33-28-43)57(53-15-8-16-54-55(53)52-36-31-46-12-6-7-14-51(46)56(52)58-54)50-34-29-44(30-35-50)42-21-23-45(24-22-42)48-26-25-39-11-4-5-13-47(39)37-48/h1-37H. The first-order valence-corrected chi connectivity index (χ1v) is 19.8. The molecular formula is C56H37NO. The van der Waals surface area contributed by atoms with Crippen molar-refractivity contribution in [2.75, 3.05) is 4.90 Å². The number of furan rings is 1. The predicted octanol–water partition coefficient (Wildman–Crippen LogP) is 16.0. The van der Waals surface area contributed by atoms with Crippen molar-refractivity contribution in [3.63, 3.8) is 0 Å². The molecule has 1 heterocycles. The first-order chi connectivity index (χ1) is 28.7. The van der Waals surface area contributed by atoms with Gasteiger partial charge in [0.1, 0.15) is 11.2 Å². The summed E-state index contributed by atoms with van der Waals surface area (Å²) in [7, 11) is 0. The third-order valence-electron chi connectivity index (χ3n) is 11.5. The molecule has 10 aromatic carbocycles. The Morgan fingerprint density at radius 1 is 0.293 bits per heavy atom. The van der Waals surface area contributed by atoms with E-state index in [1.54, 1.807) is 0 Å². The molecule has 0 atom stereocenters. The number of fused-ring (bicyclic) bond motifs is 6. The van der Waals surface area contributed by atoms with Crippen LogP contribution in [0.5, 0.6) is 0 Å². The van der Waals surface area contributed by atoms with Gasteiger partial charge < -0.3 is 9.32 Å². The predicted molar refractivity (Wildman–Crippen MR) is 245 cm³/mol. The van der Waals surface area contributed by atoms with Crippen molar-refractivity contribution < 1.29 is 4.42 Å². The van der Waals surface area contributed by atoms with Crippen LogP contribution in [-0.4, -0.2) is 0 Å². The van der Waals surface area contributed by atoms with Gasteiger partial charge in [0.15, 0.2) is 0 Å². The van der Waals surface area contributed by atoms with Crippen molar-refractivity contribution in [1.29, 1.82) is 0 Å². The number of anilines is 3. The van der Waals surface area contributed by atoms with Gasteiger partial charge in [0.25, 0.3) is 0 Å². The van der Waals surface area contributed by atoms with E-state index >= 15 is 0 Å². The number of hydrogen-bond donors (Lipinski definition) is 0. The van der Waals surface area contributed by atoms with Crippen LogP contribution >= 0.6 is 0 Å². The van der Waals surface area contributed by atoms with Gasteiger partial charge in [-0.05, 0) is 109 Å². The zero-order valence-electron chi connectivity index (χ0n) is 31.7. The number of nitrogens with zero attached hydrogens (tertiary/aromatic N) is 1. The molecule has 0 aliphatic carbocycles. The van der Waals surface area contributed by atoms with E-state index in [0.717, 1.165) is 44.4 Å². The molecule has 11 rings (SSSR count). The fourth-order valence-electron chi connectivity index (χ4n) is 8.46. The molecule has 272 valence electrons. The van der Waals surface area contributed by atoms with E-state index in [1.165, 1.54) is 60.7 Å². The quantitative estimate of drug-likeness (QED) is 0.162. The molecule has 0 spiro atoms. The third kappa shape index (κ3) is 6.00. The van der Waals surface area contributed by atoms with E-state index < -0.39 is 0 Å². The van der Waals surface area contributed by atoms with Crippen LogP contribution in [0, 0.1) is 0 Å². The van der Waals surface area contributed by atoms with E-state index in [9.17, 15) is 0 Å². The van der Waals surface area contributed by atoms with Gasteiger partial charge in [-0.2, -0.15) is 0 Å². The summed E-state index contributed by atoms with van der Waals surface area (Å²) in [5, 5.41) is 6.99. The van der Waals surface area contributed by atoms with E-state index in [0.29, 0.717) is 0 Å². The van der Waals surface area contributed by atoms with Gasteiger partial charge in [-0.25, -0.2) is 0 Å². The molecule has 2 nitrogen and oxygen atoms in total. The van der Waals surface area contributed by atoms with Crippen LogP contribution < -0.4 is 4.90 Å². The van der Waals surface area contributed by atoms with Gasteiger partial charge in [-0.15, -0.1) is 0 Å². The Balaban J connectivity index is 0.979. The molecule has 0 aliphatic heterocycles. The lowest BCUT2D eigenvalue weighted by Gasteiger charge is -2.26. The van der Waals surface area contributed by atoms with Gasteiger partial charge >= 0.3 is 0 Å². The first kappa shape index (κ1) is 33.6. The molecule has 0 radical (unpaired) electrons. The van der Waals surface area contributed by atoms with E-state index in [2.05, 4.69) is 229 Å². The summed E-state index contributed by atoms with van der Waals surface area (Å²) in [6.45, 7) is 0. The minimum atomic E-state index is 0.868. The lowest BCUT2D eigenvalue weighted by Crippen LogP contribution is -2.10. The third-order valence-corrected chi connectivity index (χ3v) is 11.5. The molecule has 0 aliphatic rings. The SMILES string of the molecule is c1ccc(-c2ccc(-c3ccc(N(c4ccc(-c5ccc(-c6ccc7ccccc7c6)cc5)cc4)c4cccc5oc6c7ccccc7ccc6c45)cc3)cc2)cc1. The van der Waals surface area contributed by atoms with E-state index in [4.69, 9.17) is 4.42 Å². The summed E-state index contributed by atoms with van der Waals surface area (Å²) in [6.07, 6.45) is 0. The molecule has 0 N–H and O–H groups in total. The number of hydrogen-bond acceptors (Lipinski definition) is 2. The van der Waals surface area contributed by atoms with Crippen LogP contribution in [0.4, 0.5) is 17.1 Å². The van der Waals surface area contributed by atoms with Crippen molar-refractivity contribution in [1.82, 2.24) is 0 Å². The van der Waals surface area contributed by atoms with Crippen molar-refractivity contribution in [2.24, 2.45) is 0 Å². The number of benzene rings is 10. The average Bonchev–Trinajstić information content (AvgIpc) is 3.70. The maximum Gasteiger partial charge on any atom is 0.143 e. The molecule has 0 saturated carbocycles. The fraction of sp³-hybridized carbons (Fsp3) is 0. The smallest absolute Gasteiger partial charge is 0.143 e. The Bertz CT molecular complexity index is 3230. The van der Waals surface area contributed by atoms with Crippen LogP contribution in [0.3, 0.4) is 0 Å². The van der Waals surface area contributed by atoms with Crippen LogP contribution in [-0.2, 0) is 0 Å². The molecule has 2 heteroatoms. The minimum absolute atomic E-state index is 0.868. The molecule has 1 aromatic heterocycles. The van der Waals surface area contributed by atoms with Crippen molar-refractivity contribution in [2.45, 2.75) is 0 Å². The summed E-state index contributed by atoms with van der Waals surface area (Å²) < 4.78 is 6.66. The molecular weight excluding hydrogens is 703 g/mol. The molecule has 0 amide bonds. The zero-order valence-corrected chi connectivity index (χ0v) is 31.7. The minimum Gasteiger partial charge on any atom is -0.455 e. The summed E-state index contributed by atoms with van der Waals surface area (Å²) in [5.74, 6) is 0. The molecule has 0 bridgehead atoms. The highest BCUT2D eigenvalue weighted by Gasteiger charge is 2.20. The summed E-state index contributed by atoms with van der Waals surface area (Å²) >= 11 is 0. The van der Waals surface area contributed by atoms with Gasteiger partial charge in [0.2, 0.25) is 0 Å². The molecule has 0 fully saturated rings. The fourth-order valence-corrected chi connectivity index (χ4v) is 8.46. The maximum absolute atomic E-state index is 6.66. The van der Waals surface area contributed by atoms with E-state index in [1.807, 2.05) is 0 Å². The largest absolute Gasteiger partial charge is 0.455 e. The zero-order chi connectivity index (χ0) is 38.4. The van der Waals surface area contributed by atoms with Gasteiger partial charge in [-0.1, -0.05) is 176 Å². The van der Waals surface area contributed by atoms with Crippen LogP contribution in [0.15, 0.2) is 229 Å². The van der Waals surface area contributed by atoms with Crippen molar-refractivity contribution in [3.05, 3.63) is 224 Å². The lowest BCUT2D eigenvalue weighted by molar-refractivity contribution is 0.672. The van der Waals surface area contributed by atoms with Crippen molar-refractivity contribution in [3.8, 4) is 44.5 Å². The second kappa shape index (κ2) is 14.1. The Morgan fingerprint density at radius 3 is 1.38 bits per heavy atom. The second-order valence-corrected chi connectivity index (χ2v) is 14.9. The van der Waals surface area contributed by atoms with Crippen molar-refractivity contribution >= 4 is 60.5 Å². The van der Waals surface area contributed by atoms with Gasteiger partial charge in [0.05, 0.1) is 11.1 Å². The second-order valence-electron chi connectivity index (χ2n) is 14.9. The Hall–Kier alpha value is -7.68. The topological polar surface area (TPSA) is 16.4 Å². The summed E-state index contributed by atoms with van der Waals surface area (Å²) in [6, 6.07) is 80.6. The average molecular weight is 740 g/mol.